The molecule has 0 bridgehead atoms. The summed E-state index contributed by atoms with van der Waals surface area (Å²) in [6, 6.07) is 3.94. The normalized spacial score (nSPS) is 24.0. The molecule has 1 unspecified atom stereocenters. The predicted molar refractivity (Wildman–Crippen MR) is 82.7 cm³/mol. The molecule has 0 amide bonds. The fourth-order valence-corrected chi connectivity index (χ4v) is 4.15. The molecule has 120 valence electrons. The van der Waals surface area contributed by atoms with Gasteiger partial charge in [0.15, 0.2) is 0 Å². The lowest BCUT2D eigenvalue weighted by Gasteiger charge is -2.27. The first kappa shape index (κ1) is 15.3. The molecule has 0 radical (unpaired) electrons. The SMILES string of the molecule is CCOc1cc(CN2CC(C(=O)O)C3(CCCC3)C2)ccn1. The number of pyridine rings is 1. The van der Waals surface area contributed by atoms with Gasteiger partial charge in [0, 0.05) is 31.9 Å². The van der Waals surface area contributed by atoms with Gasteiger partial charge in [0.05, 0.1) is 12.5 Å². The lowest BCUT2D eigenvalue weighted by Crippen LogP contribution is -2.32. The third kappa shape index (κ3) is 2.95. The van der Waals surface area contributed by atoms with E-state index in [4.69, 9.17) is 4.74 Å². The van der Waals surface area contributed by atoms with Gasteiger partial charge in [-0.2, -0.15) is 0 Å². The van der Waals surface area contributed by atoms with Crippen molar-refractivity contribution in [3.63, 3.8) is 0 Å². The third-order valence-corrected chi connectivity index (χ3v) is 5.11. The zero-order valence-corrected chi connectivity index (χ0v) is 13.1. The second-order valence-corrected chi connectivity index (χ2v) is 6.57. The maximum Gasteiger partial charge on any atom is 0.308 e. The number of carboxylic acid groups (broad SMARTS) is 1. The van der Waals surface area contributed by atoms with Gasteiger partial charge >= 0.3 is 5.97 Å². The predicted octanol–water partition coefficient (Wildman–Crippen LogP) is 2.56. The first-order chi connectivity index (χ1) is 10.6. The highest BCUT2D eigenvalue weighted by molar-refractivity contribution is 5.72. The highest BCUT2D eigenvalue weighted by Crippen LogP contribution is 2.49. The Morgan fingerprint density at radius 1 is 1.50 bits per heavy atom. The fourth-order valence-electron chi connectivity index (χ4n) is 4.15. The van der Waals surface area contributed by atoms with E-state index in [-0.39, 0.29) is 11.3 Å². The lowest BCUT2D eigenvalue weighted by atomic mass is 9.76. The summed E-state index contributed by atoms with van der Waals surface area (Å²) in [6.45, 7) is 4.87. The van der Waals surface area contributed by atoms with Crippen LogP contribution in [-0.4, -0.2) is 40.7 Å². The summed E-state index contributed by atoms with van der Waals surface area (Å²) in [5.41, 5.74) is 1.14. The average Bonchev–Trinajstić information content (AvgIpc) is 3.08. The summed E-state index contributed by atoms with van der Waals surface area (Å²) in [7, 11) is 0. The highest BCUT2D eigenvalue weighted by atomic mass is 16.5. The van der Waals surface area contributed by atoms with Crippen LogP contribution in [-0.2, 0) is 11.3 Å². The van der Waals surface area contributed by atoms with Crippen LogP contribution in [0.2, 0.25) is 0 Å². The van der Waals surface area contributed by atoms with Crippen molar-refractivity contribution in [1.82, 2.24) is 9.88 Å². The van der Waals surface area contributed by atoms with Crippen LogP contribution >= 0.6 is 0 Å². The van der Waals surface area contributed by atoms with Crippen LogP contribution in [0.15, 0.2) is 18.3 Å². The molecule has 1 aliphatic carbocycles. The minimum Gasteiger partial charge on any atom is -0.481 e. The molecule has 1 aromatic rings. The van der Waals surface area contributed by atoms with E-state index in [0.29, 0.717) is 19.0 Å². The largest absolute Gasteiger partial charge is 0.481 e. The van der Waals surface area contributed by atoms with Gasteiger partial charge in [0.25, 0.3) is 0 Å². The van der Waals surface area contributed by atoms with Crippen molar-refractivity contribution in [2.75, 3.05) is 19.7 Å². The summed E-state index contributed by atoms with van der Waals surface area (Å²) in [5.74, 6) is -0.207. The van der Waals surface area contributed by atoms with E-state index in [2.05, 4.69) is 9.88 Å². The molecule has 3 rings (SSSR count). The molecule has 22 heavy (non-hydrogen) atoms. The van der Waals surface area contributed by atoms with Crippen molar-refractivity contribution in [2.24, 2.45) is 11.3 Å². The smallest absolute Gasteiger partial charge is 0.308 e. The monoisotopic (exact) mass is 304 g/mol. The van der Waals surface area contributed by atoms with Crippen molar-refractivity contribution in [1.29, 1.82) is 0 Å². The lowest BCUT2D eigenvalue weighted by molar-refractivity contribution is -0.144. The van der Waals surface area contributed by atoms with E-state index in [1.54, 1.807) is 6.20 Å². The van der Waals surface area contributed by atoms with Crippen LogP contribution < -0.4 is 4.74 Å². The Kier molecular flexibility index (Phi) is 4.34. The molecule has 2 aliphatic rings. The minimum atomic E-state index is -0.630. The van der Waals surface area contributed by atoms with E-state index < -0.39 is 5.97 Å². The molecule has 1 saturated carbocycles. The maximum absolute atomic E-state index is 11.6. The quantitative estimate of drug-likeness (QED) is 0.906. The van der Waals surface area contributed by atoms with E-state index in [9.17, 15) is 9.90 Å². The molecule has 2 heterocycles. The van der Waals surface area contributed by atoms with Crippen molar-refractivity contribution in [2.45, 2.75) is 39.2 Å². The molecule has 5 heteroatoms. The number of aromatic nitrogens is 1. The molecular formula is C17H24N2O3. The summed E-state index contributed by atoms with van der Waals surface area (Å²) >= 11 is 0. The zero-order chi connectivity index (χ0) is 15.6. The molecule has 1 aliphatic heterocycles. The van der Waals surface area contributed by atoms with Gasteiger partial charge < -0.3 is 9.84 Å². The van der Waals surface area contributed by atoms with Gasteiger partial charge in [-0.05, 0) is 36.8 Å². The molecule has 5 nitrogen and oxygen atoms in total. The van der Waals surface area contributed by atoms with Crippen LogP contribution in [0.25, 0.3) is 0 Å². The van der Waals surface area contributed by atoms with Crippen LogP contribution in [0, 0.1) is 11.3 Å². The van der Waals surface area contributed by atoms with E-state index in [1.807, 2.05) is 19.1 Å². The second-order valence-electron chi connectivity index (χ2n) is 6.57. The number of aliphatic carboxylic acids is 1. The minimum absolute atomic E-state index is 0.00160. The van der Waals surface area contributed by atoms with Gasteiger partial charge in [-0.25, -0.2) is 4.98 Å². The standard InChI is InChI=1S/C17H24N2O3/c1-2-22-15-9-13(5-8-18-15)10-19-11-14(16(20)21)17(12-19)6-3-4-7-17/h5,8-9,14H,2-4,6-7,10-12H2,1H3,(H,20,21). The summed E-state index contributed by atoms with van der Waals surface area (Å²) in [4.78, 5) is 18.1. The number of hydrogen-bond donors (Lipinski definition) is 1. The number of hydrogen-bond acceptors (Lipinski definition) is 4. The number of likely N-dealkylation sites (tertiary alicyclic amines) is 1. The Bertz CT molecular complexity index is 540. The van der Waals surface area contributed by atoms with Crippen molar-refractivity contribution in [3.05, 3.63) is 23.9 Å². The molecule has 1 atom stereocenters. The molecule has 2 fully saturated rings. The van der Waals surface area contributed by atoms with E-state index >= 15 is 0 Å². The molecule has 1 N–H and O–H groups in total. The van der Waals surface area contributed by atoms with Crippen molar-refractivity contribution >= 4 is 5.97 Å². The summed E-state index contributed by atoms with van der Waals surface area (Å²) in [5, 5.41) is 9.58. The van der Waals surface area contributed by atoms with E-state index in [0.717, 1.165) is 31.5 Å². The van der Waals surface area contributed by atoms with E-state index in [1.165, 1.54) is 12.8 Å². The first-order valence-electron chi connectivity index (χ1n) is 8.16. The number of rotatable bonds is 5. The molecular weight excluding hydrogens is 280 g/mol. The van der Waals surface area contributed by atoms with Gasteiger partial charge in [-0.15, -0.1) is 0 Å². The van der Waals surface area contributed by atoms with Crippen LogP contribution in [0.3, 0.4) is 0 Å². The molecule has 1 saturated heterocycles. The number of nitrogens with zero attached hydrogens (tertiary/aromatic N) is 2. The van der Waals surface area contributed by atoms with Gasteiger partial charge in [0.2, 0.25) is 5.88 Å². The first-order valence-corrected chi connectivity index (χ1v) is 8.16. The van der Waals surface area contributed by atoms with Gasteiger partial charge in [-0.3, -0.25) is 9.69 Å². The molecule has 0 aromatic carbocycles. The Hall–Kier alpha value is -1.62. The second kappa shape index (κ2) is 6.24. The Morgan fingerprint density at radius 3 is 2.95 bits per heavy atom. The van der Waals surface area contributed by atoms with Crippen LogP contribution in [0.5, 0.6) is 5.88 Å². The average molecular weight is 304 g/mol. The van der Waals surface area contributed by atoms with Crippen molar-refractivity contribution < 1.29 is 14.6 Å². The fraction of sp³-hybridized carbons (Fsp3) is 0.647. The number of carboxylic acids is 1. The summed E-state index contributed by atoms with van der Waals surface area (Å²) in [6.07, 6.45) is 6.21. The molecule has 1 spiro atoms. The topological polar surface area (TPSA) is 62.7 Å². The van der Waals surface area contributed by atoms with Crippen LogP contribution in [0.1, 0.15) is 38.2 Å². The Labute approximate surface area is 131 Å². The number of carbonyl (C=O) groups is 1. The van der Waals surface area contributed by atoms with Crippen molar-refractivity contribution in [3.8, 4) is 5.88 Å². The van der Waals surface area contributed by atoms with Gasteiger partial charge in [0.1, 0.15) is 0 Å². The Balaban J connectivity index is 1.71. The van der Waals surface area contributed by atoms with Crippen LogP contribution in [0.4, 0.5) is 0 Å². The number of ether oxygens (including phenoxy) is 1. The molecule has 1 aromatic heterocycles. The van der Waals surface area contributed by atoms with Gasteiger partial charge in [-0.1, -0.05) is 12.8 Å². The Morgan fingerprint density at radius 2 is 2.27 bits per heavy atom. The highest BCUT2D eigenvalue weighted by Gasteiger charge is 2.51. The third-order valence-electron chi connectivity index (χ3n) is 5.11. The summed E-state index contributed by atoms with van der Waals surface area (Å²) < 4.78 is 5.44. The zero-order valence-electron chi connectivity index (χ0n) is 13.1. The maximum atomic E-state index is 11.6.